The lowest BCUT2D eigenvalue weighted by atomic mass is 9.92. The van der Waals surface area contributed by atoms with Gasteiger partial charge in [0.2, 0.25) is 0 Å². The summed E-state index contributed by atoms with van der Waals surface area (Å²) in [7, 11) is 0. The predicted octanol–water partition coefficient (Wildman–Crippen LogP) is 3.74. The van der Waals surface area contributed by atoms with Crippen molar-refractivity contribution in [3.8, 4) is 6.07 Å². The number of carbonyl (C=O) groups is 1. The summed E-state index contributed by atoms with van der Waals surface area (Å²) in [6.45, 7) is 1.92. The molecule has 0 aromatic heterocycles. The van der Waals surface area contributed by atoms with Crippen LogP contribution in [0.2, 0.25) is 10.0 Å². The number of ketones is 1. The van der Waals surface area contributed by atoms with Crippen LogP contribution in [0.15, 0.2) is 18.2 Å². The molecule has 1 aromatic rings. The average Bonchev–Trinajstić information content (AvgIpc) is 2.79. The Bertz CT molecular complexity index is 539. The fraction of sp³-hybridized carbons (Fsp3) is 0.429. The highest BCUT2D eigenvalue weighted by molar-refractivity contribution is 6.35. The van der Waals surface area contributed by atoms with Crippen LogP contribution < -0.4 is 0 Å². The van der Waals surface area contributed by atoms with Crippen LogP contribution in [-0.4, -0.2) is 18.0 Å². The van der Waals surface area contributed by atoms with E-state index in [1.165, 1.54) is 6.07 Å². The van der Waals surface area contributed by atoms with Crippen molar-refractivity contribution in [2.45, 2.75) is 37.9 Å². The van der Waals surface area contributed by atoms with Gasteiger partial charge in [0.1, 0.15) is 12.0 Å². The van der Waals surface area contributed by atoms with Gasteiger partial charge in [-0.3, -0.25) is 4.79 Å². The van der Waals surface area contributed by atoms with Crippen LogP contribution in [0.3, 0.4) is 0 Å². The molecular formula is C14H13Cl2NO2. The van der Waals surface area contributed by atoms with Crippen LogP contribution in [0, 0.1) is 11.3 Å². The molecular weight excluding hydrogens is 285 g/mol. The molecule has 5 heteroatoms. The number of Topliss-reactive ketones (excluding diaryl/α,β-unsaturated/α-hetero) is 1. The monoisotopic (exact) mass is 297 g/mol. The second kappa shape index (κ2) is 5.92. The Morgan fingerprint density at radius 1 is 1.47 bits per heavy atom. The number of hydrogen-bond donors (Lipinski definition) is 0. The van der Waals surface area contributed by atoms with Crippen LogP contribution in [0.5, 0.6) is 0 Å². The number of rotatable bonds is 3. The Morgan fingerprint density at radius 3 is 2.74 bits per heavy atom. The van der Waals surface area contributed by atoms with Crippen LogP contribution in [0.25, 0.3) is 0 Å². The molecule has 3 atom stereocenters. The van der Waals surface area contributed by atoms with Gasteiger partial charge in [-0.15, -0.1) is 0 Å². The maximum atomic E-state index is 12.3. The molecule has 1 aromatic carbocycles. The van der Waals surface area contributed by atoms with E-state index < -0.39 is 12.0 Å². The third-order valence-corrected chi connectivity index (χ3v) is 3.80. The van der Waals surface area contributed by atoms with Crippen molar-refractivity contribution >= 4 is 29.0 Å². The van der Waals surface area contributed by atoms with Gasteiger partial charge in [0.05, 0.1) is 12.2 Å². The molecule has 0 spiro atoms. The van der Waals surface area contributed by atoms with E-state index in [0.29, 0.717) is 22.0 Å². The molecule has 1 aliphatic rings. The van der Waals surface area contributed by atoms with E-state index in [-0.39, 0.29) is 11.9 Å². The van der Waals surface area contributed by atoms with E-state index in [1.807, 2.05) is 13.0 Å². The first kappa shape index (κ1) is 14.3. The van der Waals surface area contributed by atoms with Gasteiger partial charge in [-0.05, 0) is 37.5 Å². The topological polar surface area (TPSA) is 50.1 Å². The lowest BCUT2D eigenvalue weighted by Gasteiger charge is -2.15. The normalized spacial score (nSPS) is 23.9. The molecule has 19 heavy (non-hydrogen) atoms. The van der Waals surface area contributed by atoms with Crippen molar-refractivity contribution in [3.05, 3.63) is 33.8 Å². The van der Waals surface area contributed by atoms with E-state index in [4.69, 9.17) is 27.9 Å². The molecule has 1 heterocycles. The first-order chi connectivity index (χ1) is 9.02. The van der Waals surface area contributed by atoms with Crippen LogP contribution >= 0.6 is 23.2 Å². The summed E-state index contributed by atoms with van der Waals surface area (Å²) in [6, 6.07) is 6.79. The molecule has 1 fully saturated rings. The molecule has 0 bridgehead atoms. The quantitative estimate of drug-likeness (QED) is 0.854. The van der Waals surface area contributed by atoms with E-state index >= 15 is 0 Å². The minimum absolute atomic E-state index is 0.0639. The second-order valence-electron chi connectivity index (χ2n) is 4.64. The minimum Gasteiger partial charge on any atom is -0.367 e. The second-order valence-corrected chi connectivity index (χ2v) is 5.49. The predicted molar refractivity (Wildman–Crippen MR) is 73.4 cm³/mol. The highest BCUT2D eigenvalue weighted by Crippen LogP contribution is 2.31. The molecule has 1 aliphatic heterocycles. The molecule has 0 aliphatic carbocycles. The Morgan fingerprint density at radius 2 is 2.21 bits per heavy atom. The first-order valence-electron chi connectivity index (χ1n) is 6.06. The molecule has 3 unspecified atom stereocenters. The number of benzene rings is 1. The highest BCUT2D eigenvalue weighted by atomic mass is 35.5. The summed E-state index contributed by atoms with van der Waals surface area (Å²) in [5, 5.41) is 10.1. The fourth-order valence-electron chi connectivity index (χ4n) is 2.22. The molecule has 0 N–H and O–H groups in total. The van der Waals surface area contributed by atoms with Crippen molar-refractivity contribution < 1.29 is 9.53 Å². The lowest BCUT2D eigenvalue weighted by molar-refractivity contribution is -0.129. The SMILES string of the molecule is CC1CCC(C(=O)C(C#N)c2ccc(Cl)cc2Cl)O1. The summed E-state index contributed by atoms with van der Waals surface area (Å²) < 4.78 is 5.52. The van der Waals surface area contributed by atoms with Crippen molar-refractivity contribution in [3.63, 3.8) is 0 Å². The standard InChI is InChI=1S/C14H13Cl2NO2/c1-8-2-5-13(19-8)14(18)11(7-17)10-4-3-9(15)6-12(10)16/h3-4,6,8,11,13H,2,5H2,1H3. The number of carbonyl (C=O) groups excluding carboxylic acids is 1. The molecule has 100 valence electrons. The molecule has 0 radical (unpaired) electrons. The third-order valence-electron chi connectivity index (χ3n) is 3.24. The molecule has 2 rings (SSSR count). The largest absolute Gasteiger partial charge is 0.367 e. The minimum atomic E-state index is -0.903. The number of ether oxygens (including phenoxy) is 1. The summed E-state index contributed by atoms with van der Waals surface area (Å²) >= 11 is 11.9. The van der Waals surface area contributed by atoms with Crippen molar-refractivity contribution in [1.29, 1.82) is 5.26 Å². The zero-order valence-corrected chi connectivity index (χ0v) is 11.9. The summed E-state index contributed by atoms with van der Waals surface area (Å²) in [4.78, 5) is 12.3. The number of nitriles is 1. The number of nitrogens with zero attached hydrogens (tertiary/aromatic N) is 1. The van der Waals surface area contributed by atoms with Gasteiger partial charge >= 0.3 is 0 Å². The van der Waals surface area contributed by atoms with Crippen molar-refractivity contribution in [2.24, 2.45) is 0 Å². The van der Waals surface area contributed by atoms with E-state index in [0.717, 1.165) is 6.42 Å². The van der Waals surface area contributed by atoms with Crippen LogP contribution in [0.4, 0.5) is 0 Å². The maximum Gasteiger partial charge on any atom is 0.183 e. The Kier molecular flexibility index (Phi) is 4.46. The average molecular weight is 298 g/mol. The Hall–Kier alpha value is -1.08. The Balaban J connectivity index is 2.25. The molecule has 3 nitrogen and oxygen atoms in total. The van der Waals surface area contributed by atoms with Crippen LogP contribution in [0.1, 0.15) is 31.2 Å². The summed E-state index contributed by atoms with van der Waals surface area (Å²) in [5.41, 5.74) is 0.488. The van der Waals surface area contributed by atoms with Gasteiger partial charge in [0.25, 0.3) is 0 Å². The van der Waals surface area contributed by atoms with Gasteiger partial charge in [0.15, 0.2) is 5.78 Å². The first-order valence-corrected chi connectivity index (χ1v) is 6.82. The number of hydrogen-bond acceptors (Lipinski definition) is 3. The highest BCUT2D eigenvalue weighted by Gasteiger charge is 2.34. The van der Waals surface area contributed by atoms with Gasteiger partial charge < -0.3 is 4.74 Å². The van der Waals surface area contributed by atoms with Gasteiger partial charge in [-0.2, -0.15) is 5.26 Å². The molecule has 1 saturated heterocycles. The zero-order chi connectivity index (χ0) is 14.0. The molecule has 0 saturated carbocycles. The van der Waals surface area contributed by atoms with Gasteiger partial charge in [-0.25, -0.2) is 0 Å². The lowest BCUT2D eigenvalue weighted by Crippen LogP contribution is -2.26. The smallest absolute Gasteiger partial charge is 0.183 e. The van der Waals surface area contributed by atoms with E-state index in [1.54, 1.807) is 12.1 Å². The zero-order valence-electron chi connectivity index (χ0n) is 10.4. The van der Waals surface area contributed by atoms with E-state index in [2.05, 4.69) is 0 Å². The van der Waals surface area contributed by atoms with E-state index in [9.17, 15) is 10.1 Å². The molecule has 0 amide bonds. The maximum absolute atomic E-state index is 12.3. The van der Waals surface area contributed by atoms with Gasteiger partial charge in [0, 0.05) is 10.0 Å². The Labute approximate surface area is 122 Å². The van der Waals surface area contributed by atoms with Crippen molar-refractivity contribution in [2.75, 3.05) is 0 Å². The van der Waals surface area contributed by atoms with Crippen LogP contribution in [-0.2, 0) is 9.53 Å². The summed E-state index contributed by atoms with van der Waals surface area (Å²) in [5.74, 6) is -1.13. The summed E-state index contributed by atoms with van der Waals surface area (Å²) in [6.07, 6.45) is 1.05. The number of halogens is 2. The van der Waals surface area contributed by atoms with Gasteiger partial charge in [-0.1, -0.05) is 29.3 Å². The fourth-order valence-corrected chi connectivity index (χ4v) is 2.74. The third kappa shape index (κ3) is 3.09. The van der Waals surface area contributed by atoms with Crippen molar-refractivity contribution in [1.82, 2.24) is 0 Å².